The van der Waals surface area contributed by atoms with Crippen molar-refractivity contribution in [1.82, 2.24) is 20.4 Å². The number of anilines is 1. The second-order valence-electron chi connectivity index (χ2n) is 9.74. The molecule has 0 saturated carbocycles. The monoisotopic (exact) mass is 646 g/mol. The summed E-state index contributed by atoms with van der Waals surface area (Å²) in [5, 5.41) is 11.5. The number of fused-ring (bicyclic) bond motifs is 1. The number of nitrogens with two attached hydrogens (primary N) is 1. The number of hydrogen-bond acceptors (Lipinski definition) is 13. The number of thiazole rings is 1. The lowest BCUT2D eigenvalue weighted by Gasteiger charge is -2.49. The third kappa shape index (κ3) is 6.25. The molecule has 3 N–H and O–H groups in total. The van der Waals surface area contributed by atoms with Crippen LogP contribution in [-0.2, 0) is 24.0 Å². The van der Waals surface area contributed by atoms with E-state index >= 15 is 0 Å². The van der Waals surface area contributed by atoms with Crippen LogP contribution in [0.2, 0.25) is 0 Å². The van der Waals surface area contributed by atoms with Crippen molar-refractivity contribution in [2.24, 2.45) is 5.16 Å². The molecule has 1 fully saturated rings. The molecule has 2 aromatic heterocycles. The van der Waals surface area contributed by atoms with E-state index in [0.29, 0.717) is 11.3 Å². The molecular formula is C30H26N6O7S2. The molecule has 1 saturated heterocycles. The number of amides is 2. The zero-order valence-electron chi connectivity index (χ0n) is 23.7. The van der Waals surface area contributed by atoms with Crippen LogP contribution in [-0.4, -0.2) is 69.4 Å². The topological polar surface area (TPSA) is 171 Å². The number of carbonyl (C=O) groups excluding carboxylic acids is 3. The summed E-state index contributed by atoms with van der Waals surface area (Å²) in [4.78, 5) is 51.2. The molecule has 2 amide bonds. The van der Waals surface area contributed by atoms with Gasteiger partial charge in [-0.05, 0) is 16.3 Å². The van der Waals surface area contributed by atoms with Gasteiger partial charge in [0.15, 0.2) is 16.9 Å². The van der Waals surface area contributed by atoms with Gasteiger partial charge in [-0.25, -0.2) is 9.78 Å². The molecule has 0 radical (unpaired) electrons. The third-order valence-electron chi connectivity index (χ3n) is 6.93. The van der Waals surface area contributed by atoms with Gasteiger partial charge in [-0.3, -0.25) is 14.5 Å². The molecule has 13 nitrogen and oxygen atoms in total. The maximum atomic E-state index is 14.1. The Labute approximate surface area is 265 Å². The molecule has 0 spiro atoms. The van der Waals surface area contributed by atoms with Crippen LogP contribution in [0.15, 0.2) is 99.3 Å². The highest BCUT2D eigenvalue weighted by atomic mass is 32.2. The van der Waals surface area contributed by atoms with E-state index in [1.807, 2.05) is 60.7 Å². The van der Waals surface area contributed by atoms with Crippen molar-refractivity contribution in [2.45, 2.75) is 17.5 Å². The summed E-state index contributed by atoms with van der Waals surface area (Å²) in [5.74, 6) is -1.36. The number of nitrogens with one attached hydrogen (secondary N) is 1. The van der Waals surface area contributed by atoms with Crippen molar-refractivity contribution in [3.63, 3.8) is 0 Å². The Morgan fingerprint density at radius 2 is 1.84 bits per heavy atom. The molecule has 15 heteroatoms. The van der Waals surface area contributed by atoms with Gasteiger partial charge in [0.1, 0.15) is 42.8 Å². The zero-order chi connectivity index (χ0) is 31.3. The predicted molar refractivity (Wildman–Crippen MR) is 165 cm³/mol. The summed E-state index contributed by atoms with van der Waals surface area (Å²) in [7, 11) is 1.29. The minimum Gasteiger partial charge on any atom is -0.471 e. The van der Waals surface area contributed by atoms with Gasteiger partial charge in [0.05, 0.1) is 0 Å². The lowest BCUT2D eigenvalue weighted by Crippen LogP contribution is -2.71. The molecule has 2 aromatic carbocycles. The van der Waals surface area contributed by atoms with Crippen LogP contribution in [0.4, 0.5) is 5.13 Å². The summed E-state index contributed by atoms with van der Waals surface area (Å²) < 4.78 is 16.7. The number of nitrogen functional groups attached to an aromatic ring is 1. The smallest absolute Gasteiger partial charge is 0.356 e. The van der Waals surface area contributed by atoms with E-state index in [2.05, 4.69) is 20.6 Å². The molecule has 1 unspecified atom stereocenters. The number of hydrogen-bond donors (Lipinski definition) is 2. The Bertz CT molecular complexity index is 1700. The maximum Gasteiger partial charge on any atom is 0.356 e. The SMILES string of the molecule is CO/N=C(\C(=O)NC1C(=O)N2C(C(=O)OC(c3ccccc3)c3ccccc3)=C(COc3ccon3)CS[C@H]12)c1csc(N)n1. The normalized spacial score (nSPS) is 17.9. The fourth-order valence-electron chi connectivity index (χ4n) is 4.87. The molecule has 2 aliphatic rings. The van der Waals surface area contributed by atoms with E-state index in [9.17, 15) is 14.4 Å². The molecule has 0 bridgehead atoms. The van der Waals surface area contributed by atoms with Crippen LogP contribution >= 0.6 is 23.1 Å². The van der Waals surface area contributed by atoms with Gasteiger partial charge >= 0.3 is 5.97 Å². The van der Waals surface area contributed by atoms with E-state index in [-0.39, 0.29) is 34.7 Å². The lowest BCUT2D eigenvalue weighted by molar-refractivity contribution is -0.154. The van der Waals surface area contributed by atoms with Crippen molar-refractivity contribution in [3.8, 4) is 5.88 Å². The van der Waals surface area contributed by atoms with Crippen molar-refractivity contribution >= 4 is 51.7 Å². The molecule has 0 aliphatic carbocycles. The second kappa shape index (κ2) is 13.2. The van der Waals surface area contributed by atoms with Gasteiger partial charge < -0.3 is 29.9 Å². The molecule has 230 valence electrons. The predicted octanol–water partition coefficient (Wildman–Crippen LogP) is 3.13. The number of thioether (sulfide) groups is 1. The molecule has 4 heterocycles. The summed E-state index contributed by atoms with van der Waals surface area (Å²) in [5.41, 5.74) is 7.88. The van der Waals surface area contributed by atoms with Crippen molar-refractivity contribution in [2.75, 3.05) is 25.2 Å². The Morgan fingerprint density at radius 1 is 1.13 bits per heavy atom. The van der Waals surface area contributed by atoms with Crippen LogP contribution < -0.4 is 15.8 Å². The van der Waals surface area contributed by atoms with Crippen molar-refractivity contribution in [1.29, 1.82) is 0 Å². The van der Waals surface area contributed by atoms with Crippen LogP contribution in [0.1, 0.15) is 22.9 Å². The summed E-state index contributed by atoms with van der Waals surface area (Å²) >= 11 is 2.50. The molecule has 2 atom stereocenters. The largest absolute Gasteiger partial charge is 0.471 e. The molecule has 6 rings (SSSR count). The number of rotatable bonds is 11. The number of oxime groups is 1. The molecule has 4 aromatic rings. The number of aromatic nitrogens is 2. The van der Waals surface area contributed by atoms with Gasteiger partial charge in [-0.15, -0.1) is 23.1 Å². The number of ether oxygens (including phenoxy) is 2. The van der Waals surface area contributed by atoms with Crippen LogP contribution in [0, 0.1) is 0 Å². The van der Waals surface area contributed by atoms with Gasteiger partial charge in [0.2, 0.25) is 0 Å². The van der Waals surface area contributed by atoms with Gasteiger partial charge in [0.25, 0.3) is 17.7 Å². The van der Waals surface area contributed by atoms with E-state index in [4.69, 9.17) is 24.6 Å². The van der Waals surface area contributed by atoms with Crippen molar-refractivity contribution < 1.29 is 33.2 Å². The third-order valence-corrected chi connectivity index (χ3v) is 8.94. The van der Waals surface area contributed by atoms with Crippen molar-refractivity contribution in [3.05, 3.63) is 106 Å². The fourth-order valence-corrected chi connectivity index (χ4v) is 6.74. The maximum absolute atomic E-state index is 14.1. The number of benzene rings is 2. The summed E-state index contributed by atoms with van der Waals surface area (Å²) in [6, 6.07) is 19.2. The Hall–Kier alpha value is -5.15. The van der Waals surface area contributed by atoms with Gasteiger partial charge in [-0.1, -0.05) is 65.8 Å². The average Bonchev–Trinajstić information content (AvgIpc) is 3.76. The first-order chi connectivity index (χ1) is 21.9. The van der Waals surface area contributed by atoms with Crippen LogP contribution in [0.25, 0.3) is 0 Å². The second-order valence-corrected chi connectivity index (χ2v) is 11.7. The highest BCUT2D eigenvalue weighted by Gasteiger charge is 2.55. The van der Waals surface area contributed by atoms with E-state index in [0.717, 1.165) is 22.5 Å². The number of nitrogens with zero attached hydrogens (tertiary/aromatic N) is 4. The van der Waals surface area contributed by atoms with Crippen LogP contribution in [0.5, 0.6) is 5.88 Å². The number of carbonyl (C=O) groups is 3. The van der Waals surface area contributed by atoms with Crippen LogP contribution in [0.3, 0.4) is 0 Å². The van der Waals surface area contributed by atoms with E-state index < -0.39 is 35.3 Å². The first kappa shape index (κ1) is 29.9. The zero-order valence-corrected chi connectivity index (χ0v) is 25.3. The Balaban J connectivity index is 1.28. The molecular weight excluding hydrogens is 620 g/mol. The minimum atomic E-state index is -0.958. The minimum absolute atomic E-state index is 0.0469. The summed E-state index contributed by atoms with van der Waals surface area (Å²) in [6.45, 7) is -0.0469. The Kier molecular flexibility index (Phi) is 8.79. The van der Waals surface area contributed by atoms with Gasteiger partial charge in [0, 0.05) is 22.8 Å². The van der Waals surface area contributed by atoms with E-state index in [1.165, 1.54) is 36.1 Å². The Morgan fingerprint density at radius 3 is 2.44 bits per heavy atom. The average molecular weight is 647 g/mol. The van der Waals surface area contributed by atoms with E-state index in [1.54, 1.807) is 5.38 Å². The first-order valence-corrected chi connectivity index (χ1v) is 15.5. The highest BCUT2D eigenvalue weighted by molar-refractivity contribution is 8.00. The standard InChI is InChI=1S/C30H26N6O7S2/c1-40-35-22(20-16-45-30(31)32-20)26(37)33-23-27(38)36-24(19(15-44-28(23)36)14-41-21-12-13-42-34-21)29(39)43-25(17-8-4-2-5-9-17)18-10-6-3-7-11-18/h2-13,16,23,25,28H,14-15H2,1H3,(H2,31,32)(H,33,37)/b35-22-/t23?,28-/m1/s1. The summed E-state index contributed by atoms with van der Waals surface area (Å²) in [6.07, 6.45) is 0.616. The highest BCUT2D eigenvalue weighted by Crippen LogP contribution is 2.42. The molecule has 2 aliphatic heterocycles. The molecule has 45 heavy (non-hydrogen) atoms. The van der Waals surface area contributed by atoms with Gasteiger partial charge in [-0.2, -0.15) is 0 Å². The first-order valence-electron chi connectivity index (χ1n) is 13.6. The lowest BCUT2D eigenvalue weighted by atomic mass is 10.0. The number of esters is 1. The quantitative estimate of drug-likeness (QED) is 0.106. The fraction of sp³-hybridized carbons (Fsp3) is 0.200. The number of β-lactam (4-membered cyclic amide) rings is 1.